The molecule has 4 nitrogen and oxygen atoms in total. The van der Waals surface area contributed by atoms with E-state index in [0.29, 0.717) is 24.3 Å². The summed E-state index contributed by atoms with van der Waals surface area (Å²) in [6.07, 6.45) is 1.62. The van der Waals surface area contributed by atoms with Crippen LogP contribution in [0.25, 0.3) is 0 Å². The van der Waals surface area contributed by atoms with E-state index in [1.54, 1.807) is 16.8 Å². The zero-order valence-electron chi connectivity index (χ0n) is 13.3. The Hall–Kier alpha value is -1.43. The molecule has 1 aliphatic rings. The Bertz CT molecular complexity index is 682. The van der Waals surface area contributed by atoms with Gasteiger partial charge >= 0.3 is 0 Å². The molecule has 1 heterocycles. The third-order valence-corrected chi connectivity index (χ3v) is 4.83. The maximum Gasteiger partial charge on any atom is 0.131 e. The summed E-state index contributed by atoms with van der Waals surface area (Å²) in [7, 11) is 1.83. The fraction of sp³-hybridized carbons (Fsp3) is 0.471. The van der Waals surface area contributed by atoms with Crippen molar-refractivity contribution in [2.24, 2.45) is 7.05 Å². The summed E-state index contributed by atoms with van der Waals surface area (Å²) in [6.45, 7) is 3.12. The minimum absolute atomic E-state index is 0.294. The number of aliphatic hydroxyl groups is 1. The van der Waals surface area contributed by atoms with Crippen LogP contribution in [0.4, 0.5) is 4.39 Å². The number of rotatable bonds is 6. The molecule has 1 atom stereocenters. The van der Waals surface area contributed by atoms with Crippen LogP contribution in [0.1, 0.15) is 35.8 Å². The maximum absolute atomic E-state index is 13.0. The van der Waals surface area contributed by atoms with Crippen molar-refractivity contribution >= 4 is 11.6 Å². The van der Waals surface area contributed by atoms with Crippen molar-refractivity contribution in [2.45, 2.75) is 38.5 Å². The summed E-state index contributed by atoms with van der Waals surface area (Å²) in [5, 5.41) is 15.4. The summed E-state index contributed by atoms with van der Waals surface area (Å²) in [6, 6.07) is 6.49. The fourth-order valence-electron chi connectivity index (χ4n) is 2.85. The molecule has 1 saturated carbocycles. The van der Waals surface area contributed by atoms with Crippen LogP contribution in [0.15, 0.2) is 24.3 Å². The van der Waals surface area contributed by atoms with Crippen LogP contribution in [0, 0.1) is 12.7 Å². The lowest BCUT2D eigenvalue weighted by molar-refractivity contribution is 0.104. The van der Waals surface area contributed by atoms with Gasteiger partial charge in [0.1, 0.15) is 11.0 Å². The summed E-state index contributed by atoms with van der Waals surface area (Å²) >= 11 is 6.32. The van der Waals surface area contributed by atoms with Crippen molar-refractivity contribution < 1.29 is 9.50 Å². The summed E-state index contributed by atoms with van der Waals surface area (Å²) < 4.78 is 14.7. The van der Waals surface area contributed by atoms with E-state index in [0.717, 1.165) is 29.7 Å². The third kappa shape index (κ3) is 3.74. The molecule has 0 saturated heterocycles. The van der Waals surface area contributed by atoms with Gasteiger partial charge < -0.3 is 5.11 Å². The maximum atomic E-state index is 13.0. The number of hydrogen-bond acceptors (Lipinski definition) is 3. The Labute approximate surface area is 140 Å². The molecule has 1 aliphatic carbocycles. The van der Waals surface area contributed by atoms with E-state index in [1.165, 1.54) is 12.1 Å². The van der Waals surface area contributed by atoms with Crippen LogP contribution < -0.4 is 0 Å². The first-order valence-corrected chi connectivity index (χ1v) is 8.19. The minimum atomic E-state index is -0.646. The molecule has 1 N–H and O–H groups in total. The zero-order chi connectivity index (χ0) is 16.6. The SMILES string of the molecule is Cc1nn(C)c(Cl)c1CN(CC(O)c1ccc(F)cc1)C1CC1. The Balaban J connectivity index is 1.73. The Kier molecular flexibility index (Phi) is 4.71. The predicted molar refractivity (Wildman–Crippen MR) is 87.7 cm³/mol. The second kappa shape index (κ2) is 6.59. The normalized spacial score (nSPS) is 16.1. The monoisotopic (exact) mass is 337 g/mol. The van der Waals surface area contributed by atoms with E-state index in [9.17, 15) is 9.50 Å². The topological polar surface area (TPSA) is 41.3 Å². The highest BCUT2D eigenvalue weighted by molar-refractivity contribution is 6.30. The highest BCUT2D eigenvalue weighted by Crippen LogP contribution is 2.32. The lowest BCUT2D eigenvalue weighted by Crippen LogP contribution is -2.30. The number of nitrogens with zero attached hydrogens (tertiary/aromatic N) is 3. The van der Waals surface area contributed by atoms with Gasteiger partial charge in [0.05, 0.1) is 11.8 Å². The van der Waals surface area contributed by atoms with Gasteiger partial charge in [0.15, 0.2) is 0 Å². The van der Waals surface area contributed by atoms with Gasteiger partial charge in [0.2, 0.25) is 0 Å². The summed E-state index contributed by atoms with van der Waals surface area (Å²) in [4.78, 5) is 2.24. The fourth-order valence-corrected chi connectivity index (χ4v) is 3.09. The minimum Gasteiger partial charge on any atom is -0.387 e. The van der Waals surface area contributed by atoms with Gasteiger partial charge in [0, 0.05) is 31.7 Å². The van der Waals surface area contributed by atoms with Gasteiger partial charge in [-0.1, -0.05) is 23.7 Å². The molecular weight excluding hydrogens is 317 g/mol. The summed E-state index contributed by atoms with van der Waals surface area (Å²) in [5.41, 5.74) is 2.65. The molecule has 0 spiro atoms. The van der Waals surface area contributed by atoms with Crippen molar-refractivity contribution in [1.29, 1.82) is 0 Å². The molecule has 2 aromatic rings. The Morgan fingerprint density at radius 2 is 2.04 bits per heavy atom. The number of halogens is 2. The number of aromatic nitrogens is 2. The van der Waals surface area contributed by atoms with Crippen molar-refractivity contribution in [3.8, 4) is 0 Å². The van der Waals surface area contributed by atoms with Crippen molar-refractivity contribution in [3.63, 3.8) is 0 Å². The Morgan fingerprint density at radius 3 is 2.57 bits per heavy atom. The molecule has 1 aromatic heterocycles. The molecule has 1 unspecified atom stereocenters. The average molecular weight is 338 g/mol. The zero-order valence-corrected chi connectivity index (χ0v) is 14.1. The van der Waals surface area contributed by atoms with Crippen LogP contribution in [0.2, 0.25) is 5.15 Å². The highest BCUT2D eigenvalue weighted by Gasteiger charge is 2.31. The first-order chi connectivity index (χ1) is 11.0. The van der Waals surface area contributed by atoms with E-state index < -0.39 is 6.10 Å². The number of aryl methyl sites for hydroxylation is 2. The van der Waals surface area contributed by atoms with Gasteiger partial charge in [0.25, 0.3) is 0 Å². The van der Waals surface area contributed by atoms with Gasteiger partial charge in [-0.25, -0.2) is 4.39 Å². The molecule has 23 heavy (non-hydrogen) atoms. The number of benzene rings is 1. The second-order valence-electron chi connectivity index (χ2n) is 6.21. The van der Waals surface area contributed by atoms with Gasteiger partial charge in [-0.05, 0) is 37.5 Å². The van der Waals surface area contributed by atoms with Crippen molar-refractivity contribution in [2.75, 3.05) is 6.54 Å². The smallest absolute Gasteiger partial charge is 0.131 e. The van der Waals surface area contributed by atoms with Crippen LogP contribution in [0.3, 0.4) is 0 Å². The Morgan fingerprint density at radius 1 is 1.39 bits per heavy atom. The highest BCUT2D eigenvalue weighted by atomic mass is 35.5. The lowest BCUT2D eigenvalue weighted by atomic mass is 10.1. The van der Waals surface area contributed by atoms with E-state index in [2.05, 4.69) is 10.00 Å². The van der Waals surface area contributed by atoms with Crippen LogP contribution in [-0.4, -0.2) is 32.4 Å². The van der Waals surface area contributed by atoms with Crippen LogP contribution in [-0.2, 0) is 13.6 Å². The largest absolute Gasteiger partial charge is 0.387 e. The van der Waals surface area contributed by atoms with Gasteiger partial charge in [-0.3, -0.25) is 9.58 Å². The molecule has 124 valence electrons. The quantitative estimate of drug-likeness (QED) is 0.880. The van der Waals surface area contributed by atoms with Crippen LogP contribution >= 0.6 is 11.6 Å². The van der Waals surface area contributed by atoms with E-state index >= 15 is 0 Å². The first-order valence-electron chi connectivity index (χ1n) is 7.81. The van der Waals surface area contributed by atoms with Crippen molar-refractivity contribution in [3.05, 3.63) is 52.1 Å². The molecule has 1 fully saturated rings. The van der Waals surface area contributed by atoms with E-state index in [4.69, 9.17) is 11.6 Å². The molecule has 0 aliphatic heterocycles. The molecule has 1 aromatic carbocycles. The molecular formula is C17H21ClFN3O. The molecule has 0 radical (unpaired) electrons. The third-order valence-electron chi connectivity index (χ3n) is 4.36. The average Bonchev–Trinajstić information content (AvgIpc) is 3.32. The van der Waals surface area contributed by atoms with Gasteiger partial charge in [-0.15, -0.1) is 0 Å². The molecule has 6 heteroatoms. The summed E-state index contributed by atoms with van der Waals surface area (Å²) in [5.74, 6) is -0.294. The van der Waals surface area contributed by atoms with Gasteiger partial charge in [-0.2, -0.15) is 5.10 Å². The standard InChI is InChI=1S/C17H21ClFN3O/c1-11-15(17(18)21(2)20-11)9-22(14-7-8-14)10-16(23)12-3-5-13(19)6-4-12/h3-6,14,16,23H,7-10H2,1-2H3. The van der Waals surface area contributed by atoms with Crippen LogP contribution in [0.5, 0.6) is 0 Å². The van der Waals surface area contributed by atoms with E-state index in [1.807, 2.05) is 14.0 Å². The van der Waals surface area contributed by atoms with Crippen molar-refractivity contribution in [1.82, 2.24) is 14.7 Å². The molecule has 3 rings (SSSR count). The molecule has 0 amide bonds. The second-order valence-corrected chi connectivity index (χ2v) is 6.56. The lowest BCUT2D eigenvalue weighted by Gasteiger charge is -2.25. The number of hydrogen-bond donors (Lipinski definition) is 1. The first kappa shape index (κ1) is 16.4. The molecule has 0 bridgehead atoms. The number of aliphatic hydroxyl groups excluding tert-OH is 1. The predicted octanol–water partition coefficient (Wildman–Crippen LogP) is 3.22. The van der Waals surface area contributed by atoms with E-state index in [-0.39, 0.29) is 5.82 Å².